The number of nitrogens with one attached hydrogen (secondary N) is 1. The van der Waals surface area contributed by atoms with Crippen molar-refractivity contribution in [2.45, 2.75) is 13.3 Å². The smallest absolute Gasteiger partial charge is 0.276 e. The molecule has 0 aliphatic carbocycles. The first-order chi connectivity index (χ1) is 14.6. The molecule has 2 aromatic heterocycles. The van der Waals surface area contributed by atoms with Crippen molar-refractivity contribution >= 4 is 34.8 Å². The van der Waals surface area contributed by atoms with Gasteiger partial charge in [0.2, 0.25) is 0 Å². The number of benzene rings is 2. The molecule has 1 N–H and O–H groups in total. The molecule has 0 saturated carbocycles. The van der Waals surface area contributed by atoms with Crippen LogP contribution in [0.25, 0.3) is 0 Å². The van der Waals surface area contributed by atoms with Crippen LogP contribution in [-0.2, 0) is 13.3 Å². The van der Waals surface area contributed by atoms with Crippen molar-refractivity contribution < 1.29 is 9.53 Å². The molecule has 7 nitrogen and oxygen atoms in total. The zero-order chi connectivity index (χ0) is 20.9. The van der Waals surface area contributed by atoms with Crippen molar-refractivity contribution in [2.75, 3.05) is 5.32 Å². The van der Waals surface area contributed by atoms with Crippen LogP contribution < -0.4 is 10.1 Å². The summed E-state index contributed by atoms with van der Waals surface area (Å²) < 4.78 is 8.95. The quantitative estimate of drug-likeness (QED) is 0.450. The molecule has 9 heteroatoms. The Morgan fingerprint density at radius 3 is 2.73 bits per heavy atom. The fourth-order valence-corrected chi connectivity index (χ4v) is 3.27. The van der Waals surface area contributed by atoms with Crippen LogP contribution >= 0.6 is 23.2 Å². The fourth-order valence-electron chi connectivity index (χ4n) is 2.81. The molecule has 0 atom stereocenters. The molecule has 0 aliphatic heterocycles. The Kier molecular flexibility index (Phi) is 6.02. The maximum absolute atomic E-state index is 12.5. The minimum Gasteiger partial charge on any atom is -0.470 e. The average Bonchev–Trinajstić information content (AvgIpc) is 3.40. The van der Waals surface area contributed by atoms with E-state index >= 15 is 0 Å². The third kappa shape index (κ3) is 5.00. The van der Waals surface area contributed by atoms with Crippen molar-refractivity contribution in [3.8, 4) is 5.75 Å². The zero-order valence-electron chi connectivity index (χ0n) is 15.7. The molecule has 2 heterocycles. The lowest BCUT2D eigenvalue weighted by atomic mass is 10.2. The highest BCUT2D eigenvalue weighted by atomic mass is 35.5. The number of anilines is 1. The topological polar surface area (TPSA) is 74.0 Å². The zero-order valence-corrected chi connectivity index (χ0v) is 17.2. The second-order valence-corrected chi connectivity index (χ2v) is 7.29. The SMILES string of the molecule is O=C(Nc1cccc(Cn2cccn2)c1)c1ccn(COc2ccc(Cl)cc2Cl)n1. The molecule has 0 fully saturated rings. The van der Waals surface area contributed by atoms with Crippen LogP contribution in [0.5, 0.6) is 5.75 Å². The third-order valence-corrected chi connectivity index (χ3v) is 4.74. The van der Waals surface area contributed by atoms with E-state index in [0.717, 1.165) is 5.56 Å². The summed E-state index contributed by atoms with van der Waals surface area (Å²) >= 11 is 12.0. The van der Waals surface area contributed by atoms with E-state index in [1.165, 1.54) is 4.68 Å². The molecule has 0 unspecified atom stereocenters. The average molecular weight is 442 g/mol. The molecule has 1 amide bonds. The molecule has 0 aliphatic rings. The van der Waals surface area contributed by atoms with Gasteiger partial charge in [0.1, 0.15) is 5.75 Å². The Morgan fingerprint density at radius 2 is 1.93 bits per heavy atom. The Morgan fingerprint density at radius 1 is 1.03 bits per heavy atom. The van der Waals surface area contributed by atoms with E-state index in [-0.39, 0.29) is 18.3 Å². The van der Waals surface area contributed by atoms with Crippen molar-refractivity contribution in [2.24, 2.45) is 0 Å². The number of hydrogen-bond donors (Lipinski definition) is 1. The number of rotatable bonds is 7. The van der Waals surface area contributed by atoms with Gasteiger partial charge in [-0.15, -0.1) is 0 Å². The minimum absolute atomic E-state index is 0.105. The van der Waals surface area contributed by atoms with Crippen LogP contribution in [0.3, 0.4) is 0 Å². The van der Waals surface area contributed by atoms with Crippen LogP contribution in [0.1, 0.15) is 16.1 Å². The van der Waals surface area contributed by atoms with Gasteiger partial charge in [-0.25, -0.2) is 4.68 Å². The highest BCUT2D eigenvalue weighted by Crippen LogP contribution is 2.27. The lowest BCUT2D eigenvalue weighted by Crippen LogP contribution is -2.14. The molecule has 30 heavy (non-hydrogen) atoms. The largest absolute Gasteiger partial charge is 0.470 e. The van der Waals surface area contributed by atoms with Crippen LogP contribution in [0.2, 0.25) is 10.0 Å². The first-order valence-electron chi connectivity index (χ1n) is 9.06. The predicted octanol–water partition coefficient (Wildman–Crippen LogP) is 4.72. The van der Waals surface area contributed by atoms with Gasteiger partial charge in [-0.3, -0.25) is 9.48 Å². The molecule has 0 bridgehead atoms. The molecular formula is C21H17Cl2N5O2. The number of hydrogen-bond acceptors (Lipinski definition) is 4. The second-order valence-electron chi connectivity index (χ2n) is 6.45. The Hall–Kier alpha value is -3.29. The summed E-state index contributed by atoms with van der Waals surface area (Å²) in [6.07, 6.45) is 5.27. The molecule has 0 spiro atoms. The monoisotopic (exact) mass is 441 g/mol. The van der Waals surface area contributed by atoms with Gasteiger partial charge in [0, 0.05) is 29.3 Å². The number of carbonyl (C=O) groups is 1. The minimum atomic E-state index is -0.311. The highest BCUT2D eigenvalue weighted by Gasteiger charge is 2.11. The number of carbonyl (C=O) groups excluding carboxylic acids is 1. The number of ether oxygens (including phenoxy) is 1. The summed E-state index contributed by atoms with van der Waals surface area (Å²) in [5.74, 6) is 0.172. The number of amides is 1. The maximum atomic E-state index is 12.5. The molecule has 4 aromatic rings. The standard InChI is InChI=1S/C21H17Cl2N5O2/c22-16-5-6-20(18(23)12-16)30-14-28-10-7-19(26-28)21(29)25-17-4-1-3-15(11-17)13-27-9-2-8-24-27/h1-12H,13-14H2,(H,25,29). The van der Waals surface area contributed by atoms with E-state index in [1.807, 2.05) is 41.2 Å². The first kappa shape index (κ1) is 20.0. The van der Waals surface area contributed by atoms with Gasteiger partial charge in [-0.05, 0) is 48.0 Å². The predicted molar refractivity (Wildman–Crippen MR) is 115 cm³/mol. The third-order valence-electron chi connectivity index (χ3n) is 4.21. The van der Waals surface area contributed by atoms with Crippen molar-refractivity contribution in [1.82, 2.24) is 19.6 Å². The van der Waals surface area contributed by atoms with Crippen LogP contribution in [0, 0.1) is 0 Å². The maximum Gasteiger partial charge on any atom is 0.276 e. The molecule has 2 aromatic carbocycles. The van der Waals surface area contributed by atoms with Crippen LogP contribution in [0.15, 0.2) is 73.2 Å². The van der Waals surface area contributed by atoms with E-state index in [4.69, 9.17) is 27.9 Å². The molecule has 0 saturated heterocycles. The van der Waals surface area contributed by atoms with Gasteiger partial charge in [0.15, 0.2) is 12.4 Å². The molecular weight excluding hydrogens is 425 g/mol. The number of nitrogens with zero attached hydrogens (tertiary/aromatic N) is 4. The number of aromatic nitrogens is 4. The van der Waals surface area contributed by atoms with E-state index < -0.39 is 0 Å². The van der Waals surface area contributed by atoms with Gasteiger partial charge in [-0.2, -0.15) is 10.2 Å². The molecule has 152 valence electrons. The summed E-state index contributed by atoms with van der Waals surface area (Å²) in [7, 11) is 0. The highest BCUT2D eigenvalue weighted by molar-refractivity contribution is 6.35. The van der Waals surface area contributed by atoms with E-state index in [2.05, 4.69) is 15.5 Å². The van der Waals surface area contributed by atoms with Crippen molar-refractivity contribution in [1.29, 1.82) is 0 Å². The van der Waals surface area contributed by atoms with Gasteiger partial charge in [-0.1, -0.05) is 35.3 Å². The van der Waals surface area contributed by atoms with E-state index in [1.54, 1.807) is 36.7 Å². The Bertz CT molecular complexity index is 1160. The molecule has 0 radical (unpaired) electrons. The van der Waals surface area contributed by atoms with Crippen molar-refractivity contribution in [3.05, 3.63) is 94.5 Å². The fraction of sp³-hybridized carbons (Fsp3) is 0.0952. The Labute approximate surface area is 182 Å². The lowest BCUT2D eigenvalue weighted by Gasteiger charge is -2.08. The summed E-state index contributed by atoms with van der Waals surface area (Å²) in [5.41, 5.74) is 1.98. The first-order valence-corrected chi connectivity index (χ1v) is 9.81. The molecule has 4 rings (SSSR count). The summed E-state index contributed by atoms with van der Waals surface area (Å²) in [5, 5.41) is 12.2. The van der Waals surface area contributed by atoms with Crippen LogP contribution in [0.4, 0.5) is 5.69 Å². The summed E-state index contributed by atoms with van der Waals surface area (Å²) in [6, 6.07) is 16.0. The van der Waals surface area contributed by atoms with Gasteiger partial charge in [0.05, 0.1) is 11.6 Å². The van der Waals surface area contributed by atoms with Gasteiger partial charge in [0.25, 0.3) is 5.91 Å². The van der Waals surface area contributed by atoms with Crippen molar-refractivity contribution in [3.63, 3.8) is 0 Å². The van der Waals surface area contributed by atoms with Gasteiger partial charge >= 0.3 is 0 Å². The normalized spacial score (nSPS) is 10.7. The number of halogens is 2. The van der Waals surface area contributed by atoms with Gasteiger partial charge < -0.3 is 10.1 Å². The van der Waals surface area contributed by atoms with E-state index in [0.29, 0.717) is 28.0 Å². The summed E-state index contributed by atoms with van der Waals surface area (Å²) in [4.78, 5) is 12.5. The Balaban J connectivity index is 1.37. The lowest BCUT2D eigenvalue weighted by molar-refractivity contribution is 0.102. The summed E-state index contributed by atoms with van der Waals surface area (Å²) in [6.45, 7) is 0.726. The second kappa shape index (κ2) is 9.02. The van der Waals surface area contributed by atoms with E-state index in [9.17, 15) is 4.79 Å². The van der Waals surface area contributed by atoms with Crippen LogP contribution in [-0.4, -0.2) is 25.5 Å².